The minimum atomic E-state index is -0.326. The Hall–Kier alpha value is -2.89. The predicted octanol–water partition coefficient (Wildman–Crippen LogP) is 3.94. The third-order valence-electron chi connectivity index (χ3n) is 4.65. The van der Waals surface area contributed by atoms with Crippen molar-refractivity contribution in [3.8, 4) is 0 Å². The lowest BCUT2D eigenvalue weighted by atomic mass is 9.95. The van der Waals surface area contributed by atoms with Crippen molar-refractivity contribution < 1.29 is 14.0 Å². The molecule has 1 aliphatic rings. The third kappa shape index (κ3) is 5.81. The predicted molar refractivity (Wildman–Crippen MR) is 104 cm³/mol. The van der Waals surface area contributed by atoms with Crippen molar-refractivity contribution in [2.24, 2.45) is 0 Å². The summed E-state index contributed by atoms with van der Waals surface area (Å²) in [4.78, 5) is 24.5. The molecule has 0 aromatic heterocycles. The zero-order valence-corrected chi connectivity index (χ0v) is 15.1. The zero-order chi connectivity index (χ0) is 19.1. The highest BCUT2D eigenvalue weighted by Gasteiger charge is 2.17. The van der Waals surface area contributed by atoms with Gasteiger partial charge in [0.2, 0.25) is 5.91 Å². The lowest BCUT2D eigenvalue weighted by Gasteiger charge is -2.22. The minimum absolute atomic E-state index is 0.0458. The number of carbonyl (C=O) groups excluding carboxylic acids is 2. The average Bonchev–Trinajstić information content (AvgIpc) is 2.68. The number of hydrogen-bond acceptors (Lipinski definition) is 3. The standard InChI is InChI=1S/C21H24FN3O2/c22-16-9-11-17(12-10-16)23-14-20(26)24-19-8-4-5-15(13-19)21(27)25-18-6-2-1-3-7-18/h4-5,8-13,18,23H,1-3,6-7,14H2,(H,24,26)(H,25,27). The maximum atomic E-state index is 12.9. The topological polar surface area (TPSA) is 70.2 Å². The molecule has 0 atom stereocenters. The molecule has 5 nitrogen and oxygen atoms in total. The molecule has 2 aromatic rings. The summed E-state index contributed by atoms with van der Waals surface area (Å²) in [5, 5.41) is 8.76. The molecule has 1 aliphatic carbocycles. The van der Waals surface area contributed by atoms with Gasteiger partial charge in [0, 0.05) is 23.0 Å². The van der Waals surface area contributed by atoms with Gasteiger partial charge in [-0.1, -0.05) is 25.3 Å². The molecular weight excluding hydrogens is 345 g/mol. The van der Waals surface area contributed by atoms with Gasteiger partial charge in [-0.15, -0.1) is 0 Å². The van der Waals surface area contributed by atoms with Crippen LogP contribution >= 0.6 is 0 Å². The molecule has 0 aliphatic heterocycles. The molecule has 27 heavy (non-hydrogen) atoms. The van der Waals surface area contributed by atoms with Crippen molar-refractivity contribution >= 4 is 23.2 Å². The van der Waals surface area contributed by atoms with Gasteiger partial charge in [-0.25, -0.2) is 4.39 Å². The number of rotatable bonds is 6. The SMILES string of the molecule is O=C(CNc1ccc(F)cc1)Nc1cccc(C(=O)NC2CCCCC2)c1. The Labute approximate surface area is 158 Å². The van der Waals surface area contributed by atoms with E-state index in [1.165, 1.54) is 18.6 Å². The highest BCUT2D eigenvalue weighted by atomic mass is 19.1. The summed E-state index contributed by atoms with van der Waals surface area (Å²) in [6, 6.07) is 12.9. The van der Waals surface area contributed by atoms with E-state index in [4.69, 9.17) is 0 Å². The number of anilines is 2. The Morgan fingerprint density at radius 1 is 0.963 bits per heavy atom. The lowest BCUT2D eigenvalue weighted by Crippen LogP contribution is -2.36. The number of nitrogens with one attached hydrogen (secondary N) is 3. The highest BCUT2D eigenvalue weighted by molar-refractivity contribution is 5.98. The van der Waals surface area contributed by atoms with Crippen LogP contribution in [0.1, 0.15) is 42.5 Å². The number of amides is 2. The van der Waals surface area contributed by atoms with Crippen LogP contribution in [0.15, 0.2) is 48.5 Å². The van der Waals surface area contributed by atoms with Crippen LogP contribution in [-0.2, 0) is 4.79 Å². The fraction of sp³-hybridized carbons (Fsp3) is 0.333. The van der Waals surface area contributed by atoms with Crippen LogP contribution in [0.5, 0.6) is 0 Å². The van der Waals surface area contributed by atoms with E-state index in [1.54, 1.807) is 36.4 Å². The Balaban J connectivity index is 1.52. The number of benzene rings is 2. The molecule has 0 saturated heterocycles. The summed E-state index contributed by atoms with van der Waals surface area (Å²) in [7, 11) is 0. The summed E-state index contributed by atoms with van der Waals surface area (Å²) in [6.45, 7) is 0.0458. The van der Waals surface area contributed by atoms with Crippen LogP contribution < -0.4 is 16.0 Å². The second-order valence-electron chi connectivity index (χ2n) is 6.80. The summed E-state index contributed by atoms with van der Waals surface area (Å²) in [5.74, 6) is -0.681. The van der Waals surface area contributed by atoms with E-state index in [0.29, 0.717) is 16.9 Å². The molecule has 0 bridgehead atoms. The first kappa shape index (κ1) is 18.9. The first-order chi connectivity index (χ1) is 13.1. The molecule has 142 valence electrons. The van der Waals surface area contributed by atoms with E-state index in [0.717, 1.165) is 25.7 Å². The van der Waals surface area contributed by atoms with Gasteiger partial charge < -0.3 is 16.0 Å². The summed E-state index contributed by atoms with van der Waals surface area (Å²) < 4.78 is 12.9. The van der Waals surface area contributed by atoms with Crippen LogP contribution in [0.3, 0.4) is 0 Å². The molecule has 2 amide bonds. The highest BCUT2D eigenvalue weighted by Crippen LogP contribution is 2.18. The van der Waals surface area contributed by atoms with E-state index in [1.807, 2.05) is 0 Å². The first-order valence-corrected chi connectivity index (χ1v) is 9.30. The van der Waals surface area contributed by atoms with Gasteiger partial charge in [0.1, 0.15) is 5.82 Å². The van der Waals surface area contributed by atoms with E-state index in [9.17, 15) is 14.0 Å². The van der Waals surface area contributed by atoms with Crippen molar-refractivity contribution in [1.82, 2.24) is 5.32 Å². The molecule has 3 N–H and O–H groups in total. The maximum Gasteiger partial charge on any atom is 0.251 e. The fourth-order valence-corrected chi connectivity index (χ4v) is 3.21. The van der Waals surface area contributed by atoms with E-state index >= 15 is 0 Å². The molecule has 1 fully saturated rings. The number of carbonyl (C=O) groups is 2. The lowest BCUT2D eigenvalue weighted by molar-refractivity contribution is -0.114. The van der Waals surface area contributed by atoms with Gasteiger partial charge in [-0.05, 0) is 55.3 Å². The van der Waals surface area contributed by atoms with Crippen molar-refractivity contribution in [1.29, 1.82) is 0 Å². The smallest absolute Gasteiger partial charge is 0.251 e. The quantitative estimate of drug-likeness (QED) is 0.722. The van der Waals surface area contributed by atoms with E-state index < -0.39 is 0 Å². The van der Waals surface area contributed by atoms with Crippen LogP contribution in [0.25, 0.3) is 0 Å². The Morgan fingerprint density at radius 3 is 2.44 bits per heavy atom. The normalized spacial score (nSPS) is 14.4. The van der Waals surface area contributed by atoms with Gasteiger partial charge >= 0.3 is 0 Å². The second kappa shape index (κ2) is 9.16. The largest absolute Gasteiger partial charge is 0.376 e. The fourth-order valence-electron chi connectivity index (χ4n) is 3.21. The van der Waals surface area contributed by atoms with Crippen molar-refractivity contribution in [2.45, 2.75) is 38.1 Å². The molecule has 0 heterocycles. The summed E-state index contributed by atoms with van der Waals surface area (Å²) in [6.07, 6.45) is 5.60. The summed E-state index contributed by atoms with van der Waals surface area (Å²) >= 11 is 0. The first-order valence-electron chi connectivity index (χ1n) is 9.30. The van der Waals surface area contributed by atoms with Crippen molar-refractivity contribution in [3.63, 3.8) is 0 Å². The summed E-state index contributed by atoms with van der Waals surface area (Å²) in [5.41, 5.74) is 1.76. The van der Waals surface area contributed by atoms with Gasteiger partial charge in [0.15, 0.2) is 0 Å². The molecular formula is C21H24FN3O2. The van der Waals surface area contributed by atoms with Crippen LogP contribution in [0.4, 0.5) is 15.8 Å². The molecule has 1 saturated carbocycles. The second-order valence-corrected chi connectivity index (χ2v) is 6.80. The van der Waals surface area contributed by atoms with Gasteiger partial charge in [0.25, 0.3) is 5.91 Å². The molecule has 0 radical (unpaired) electrons. The van der Waals surface area contributed by atoms with Gasteiger partial charge in [-0.2, -0.15) is 0 Å². The molecule has 2 aromatic carbocycles. The molecule has 6 heteroatoms. The monoisotopic (exact) mass is 369 g/mol. The van der Waals surface area contributed by atoms with Crippen LogP contribution in [-0.4, -0.2) is 24.4 Å². The van der Waals surface area contributed by atoms with Crippen LogP contribution in [0.2, 0.25) is 0 Å². The third-order valence-corrected chi connectivity index (χ3v) is 4.65. The Bertz CT molecular complexity index is 786. The van der Waals surface area contributed by atoms with E-state index in [-0.39, 0.29) is 30.2 Å². The average molecular weight is 369 g/mol. The van der Waals surface area contributed by atoms with E-state index in [2.05, 4.69) is 16.0 Å². The van der Waals surface area contributed by atoms with Crippen LogP contribution in [0, 0.1) is 5.82 Å². The zero-order valence-electron chi connectivity index (χ0n) is 15.1. The van der Waals surface area contributed by atoms with Gasteiger partial charge in [-0.3, -0.25) is 9.59 Å². The molecule has 0 spiro atoms. The molecule has 0 unspecified atom stereocenters. The number of hydrogen-bond donors (Lipinski definition) is 3. The number of halogens is 1. The van der Waals surface area contributed by atoms with Crippen molar-refractivity contribution in [2.75, 3.05) is 17.2 Å². The maximum absolute atomic E-state index is 12.9. The van der Waals surface area contributed by atoms with Crippen molar-refractivity contribution in [3.05, 3.63) is 59.9 Å². The Morgan fingerprint density at radius 2 is 1.70 bits per heavy atom. The Kier molecular flexibility index (Phi) is 6.41. The van der Waals surface area contributed by atoms with Gasteiger partial charge in [0.05, 0.1) is 6.54 Å². The minimum Gasteiger partial charge on any atom is -0.376 e. The molecule has 3 rings (SSSR count).